The molecule has 0 radical (unpaired) electrons. The molecule has 4 N–H and O–H groups in total. The van der Waals surface area contributed by atoms with Crippen molar-refractivity contribution in [3.05, 3.63) is 0 Å². The van der Waals surface area contributed by atoms with Crippen LogP contribution in [0.5, 0.6) is 0 Å². The molecule has 0 aromatic carbocycles. The van der Waals surface area contributed by atoms with Crippen LogP contribution in [0.4, 0.5) is 0 Å². The monoisotopic (exact) mass is 554 g/mol. The van der Waals surface area contributed by atoms with E-state index in [0.717, 1.165) is 0 Å². The summed E-state index contributed by atoms with van der Waals surface area (Å²) in [5, 5.41) is 36.8. The van der Waals surface area contributed by atoms with Gasteiger partial charge in [0.2, 0.25) is 0 Å². The topological polar surface area (TPSA) is 80.9 Å². The molecule has 0 rings (SSSR count). The summed E-state index contributed by atoms with van der Waals surface area (Å²) in [5.41, 5.74) is 0. The summed E-state index contributed by atoms with van der Waals surface area (Å²) in [6.07, 6.45) is -0.519. The number of rotatable bonds is 8. The first-order chi connectivity index (χ1) is 14.2. The van der Waals surface area contributed by atoms with Gasteiger partial charge < -0.3 is 20.4 Å². The molecule has 0 aromatic rings. The maximum atomic E-state index is 9.20. The normalized spacial score (nSPS) is 11.6. The van der Waals surface area contributed by atoms with E-state index in [0.29, 0.717) is 47.3 Å². The van der Waals surface area contributed by atoms with Crippen molar-refractivity contribution in [3.8, 4) is 0 Å². The summed E-state index contributed by atoms with van der Waals surface area (Å²) in [5.74, 6) is 3.19. The van der Waals surface area contributed by atoms with Crippen LogP contribution in [0, 0.1) is 47.3 Å². The molecule has 0 aliphatic carbocycles. The van der Waals surface area contributed by atoms with Gasteiger partial charge in [0.15, 0.2) is 0 Å². The van der Waals surface area contributed by atoms with Crippen LogP contribution in [0.3, 0.4) is 0 Å². The Balaban J connectivity index is -0.000000105. The van der Waals surface area contributed by atoms with Crippen LogP contribution >= 0.6 is 0 Å². The second-order valence-corrected chi connectivity index (χ2v) is 11.9. The first-order valence-electron chi connectivity index (χ1n) is 12.9. The van der Waals surface area contributed by atoms with E-state index in [9.17, 15) is 20.4 Å². The Morgan fingerprint density at radius 3 is 0.303 bits per heavy atom. The van der Waals surface area contributed by atoms with Crippen molar-refractivity contribution in [1.29, 1.82) is 0 Å². The van der Waals surface area contributed by atoms with Gasteiger partial charge in [0.25, 0.3) is 0 Å². The Kier molecular flexibility index (Phi) is 32.4. The molecule has 0 aromatic heterocycles. The van der Waals surface area contributed by atoms with Crippen LogP contribution in [0.25, 0.3) is 0 Å². The van der Waals surface area contributed by atoms with Crippen LogP contribution in [-0.4, -0.2) is 44.8 Å². The molecule has 0 bridgehead atoms. The zero-order valence-corrected chi connectivity index (χ0v) is 27.7. The maximum Gasteiger partial charge on any atom is 0.0586 e. The van der Waals surface area contributed by atoms with Crippen molar-refractivity contribution < 1.29 is 46.6 Å². The minimum Gasteiger partial charge on any atom is -0.393 e. The van der Waals surface area contributed by atoms with Crippen LogP contribution < -0.4 is 0 Å². The molecule has 0 heterocycles. The molecule has 0 aliphatic rings. The third-order valence-electron chi connectivity index (χ3n) is 5.46. The van der Waals surface area contributed by atoms with Crippen molar-refractivity contribution in [2.45, 2.75) is 135 Å². The zero-order valence-electron chi connectivity index (χ0n) is 25.2. The average molecular weight is 556 g/mol. The quantitative estimate of drug-likeness (QED) is 0.271. The van der Waals surface area contributed by atoms with Gasteiger partial charge in [-0.15, -0.1) is 0 Å². The molecular formula is C28H64O4Zr. The molecule has 0 saturated heterocycles. The van der Waals surface area contributed by atoms with E-state index in [1.165, 1.54) is 0 Å². The summed E-state index contributed by atoms with van der Waals surface area (Å²) >= 11 is 0. The summed E-state index contributed by atoms with van der Waals surface area (Å²) < 4.78 is 0. The van der Waals surface area contributed by atoms with E-state index in [1.807, 2.05) is 111 Å². The van der Waals surface area contributed by atoms with Gasteiger partial charge in [0.05, 0.1) is 24.4 Å². The molecule has 0 unspecified atom stereocenters. The minimum atomic E-state index is -0.130. The van der Waals surface area contributed by atoms with E-state index >= 15 is 0 Å². The van der Waals surface area contributed by atoms with E-state index in [-0.39, 0.29) is 50.6 Å². The molecule has 5 heteroatoms. The molecule has 0 atom stereocenters. The second-order valence-electron chi connectivity index (χ2n) is 11.9. The smallest absolute Gasteiger partial charge is 0.0586 e. The first-order valence-corrected chi connectivity index (χ1v) is 12.9. The van der Waals surface area contributed by atoms with Crippen LogP contribution in [-0.2, 0) is 26.2 Å². The summed E-state index contributed by atoms with van der Waals surface area (Å²) in [7, 11) is 0. The van der Waals surface area contributed by atoms with Crippen LogP contribution in [0.15, 0.2) is 0 Å². The molecule has 33 heavy (non-hydrogen) atoms. The van der Waals surface area contributed by atoms with Crippen molar-refractivity contribution >= 4 is 0 Å². The van der Waals surface area contributed by atoms with Gasteiger partial charge in [0.1, 0.15) is 0 Å². The van der Waals surface area contributed by atoms with Gasteiger partial charge in [-0.2, -0.15) is 0 Å². The number of hydrogen-bond acceptors (Lipinski definition) is 4. The molecule has 0 spiro atoms. The Bertz CT molecular complexity index is 276. The van der Waals surface area contributed by atoms with Gasteiger partial charge in [-0.05, 0) is 47.3 Å². The fraction of sp³-hybridized carbons (Fsp3) is 1.00. The Labute approximate surface area is 228 Å². The standard InChI is InChI=1S/4C7H16O.Zr/c4*1-5(2)7(8)6(3)4;/h4*5-8H,1-4H3;. The van der Waals surface area contributed by atoms with Gasteiger partial charge in [0, 0.05) is 26.2 Å². The largest absolute Gasteiger partial charge is 0.393 e. The molecular weight excluding hydrogens is 492 g/mol. The van der Waals surface area contributed by atoms with E-state index in [2.05, 4.69) is 0 Å². The van der Waals surface area contributed by atoms with Gasteiger partial charge in [-0.25, -0.2) is 0 Å². The minimum absolute atomic E-state index is 0. The predicted octanol–water partition coefficient (Wildman–Crippen LogP) is 6.63. The molecule has 0 saturated carbocycles. The van der Waals surface area contributed by atoms with Gasteiger partial charge in [-0.1, -0.05) is 111 Å². The van der Waals surface area contributed by atoms with Crippen LogP contribution in [0.1, 0.15) is 111 Å². The third-order valence-corrected chi connectivity index (χ3v) is 5.46. The number of aliphatic hydroxyl groups is 4. The maximum absolute atomic E-state index is 9.20. The Morgan fingerprint density at radius 2 is 0.303 bits per heavy atom. The Morgan fingerprint density at radius 1 is 0.242 bits per heavy atom. The van der Waals surface area contributed by atoms with Crippen LogP contribution in [0.2, 0.25) is 0 Å². The van der Waals surface area contributed by atoms with E-state index in [4.69, 9.17) is 0 Å². The summed E-state index contributed by atoms with van der Waals surface area (Å²) in [6, 6.07) is 0. The van der Waals surface area contributed by atoms with Gasteiger partial charge in [-0.3, -0.25) is 0 Å². The van der Waals surface area contributed by atoms with Crippen molar-refractivity contribution in [1.82, 2.24) is 0 Å². The number of aliphatic hydroxyl groups excluding tert-OH is 4. The summed E-state index contributed by atoms with van der Waals surface area (Å²) in [6.45, 7) is 32.5. The van der Waals surface area contributed by atoms with Gasteiger partial charge >= 0.3 is 0 Å². The molecule has 4 nitrogen and oxygen atoms in total. The van der Waals surface area contributed by atoms with E-state index < -0.39 is 0 Å². The van der Waals surface area contributed by atoms with Crippen molar-refractivity contribution in [2.24, 2.45) is 47.3 Å². The molecule has 0 aliphatic heterocycles. The SMILES string of the molecule is CC(C)C(O)C(C)C.CC(C)C(O)C(C)C.CC(C)C(O)C(C)C.CC(C)C(O)C(C)C.[Zr]. The fourth-order valence-corrected chi connectivity index (χ4v) is 3.08. The average Bonchev–Trinajstić information content (AvgIpc) is 2.65. The summed E-state index contributed by atoms with van der Waals surface area (Å²) in [4.78, 5) is 0. The zero-order chi connectivity index (χ0) is 26.9. The molecule has 0 amide bonds. The molecule has 204 valence electrons. The second kappa shape index (κ2) is 24.4. The predicted molar refractivity (Wildman–Crippen MR) is 143 cm³/mol. The Hall–Kier alpha value is 0.723. The first kappa shape index (κ1) is 43.8. The van der Waals surface area contributed by atoms with Crippen molar-refractivity contribution in [3.63, 3.8) is 0 Å². The molecule has 0 fully saturated rings. The number of hydrogen-bond donors (Lipinski definition) is 4. The van der Waals surface area contributed by atoms with Crippen molar-refractivity contribution in [2.75, 3.05) is 0 Å². The fourth-order valence-electron chi connectivity index (χ4n) is 3.08. The van der Waals surface area contributed by atoms with E-state index in [1.54, 1.807) is 0 Å². The third kappa shape index (κ3) is 28.8.